The van der Waals surface area contributed by atoms with Gasteiger partial charge in [0.05, 0.1) is 12.7 Å². The Kier molecular flexibility index (Phi) is 4.96. The van der Waals surface area contributed by atoms with Crippen LogP contribution in [0.15, 0.2) is 18.2 Å². The molecule has 2 amide bonds. The summed E-state index contributed by atoms with van der Waals surface area (Å²) >= 11 is 0. The maximum Gasteiger partial charge on any atom is 0.426 e. The lowest BCUT2D eigenvalue weighted by Gasteiger charge is -2.19. The third-order valence-electron chi connectivity index (χ3n) is 2.28. The highest BCUT2D eigenvalue weighted by Crippen LogP contribution is 2.19. The van der Waals surface area contributed by atoms with Crippen LogP contribution in [-0.4, -0.2) is 24.7 Å². The summed E-state index contributed by atoms with van der Waals surface area (Å²) in [7, 11) is 1.48. The smallest absolute Gasteiger partial charge is 0.426 e. The highest BCUT2D eigenvalue weighted by atomic mass is 16.6. The van der Waals surface area contributed by atoms with E-state index in [-0.39, 0.29) is 0 Å². The molecule has 0 atom stereocenters. The second-order valence-electron chi connectivity index (χ2n) is 5.28. The van der Waals surface area contributed by atoms with Crippen LogP contribution < -0.4 is 15.6 Å². The molecule has 0 aliphatic carbocycles. The number of amides is 2. The van der Waals surface area contributed by atoms with Gasteiger partial charge in [0.15, 0.2) is 0 Å². The Morgan fingerprint density at radius 1 is 1.15 bits per heavy atom. The van der Waals surface area contributed by atoms with E-state index in [2.05, 4.69) is 10.9 Å². The van der Waals surface area contributed by atoms with Crippen LogP contribution in [0.5, 0.6) is 5.75 Å². The van der Waals surface area contributed by atoms with E-state index in [1.807, 2.05) is 6.92 Å². The van der Waals surface area contributed by atoms with E-state index >= 15 is 0 Å². The van der Waals surface area contributed by atoms with Gasteiger partial charge in [0.1, 0.15) is 11.4 Å². The van der Waals surface area contributed by atoms with Crippen molar-refractivity contribution in [1.82, 2.24) is 10.9 Å². The van der Waals surface area contributed by atoms with Crippen LogP contribution in [0.4, 0.5) is 4.79 Å². The van der Waals surface area contributed by atoms with Crippen LogP contribution in [0.3, 0.4) is 0 Å². The van der Waals surface area contributed by atoms with Crippen molar-refractivity contribution in [3.63, 3.8) is 0 Å². The van der Waals surface area contributed by atoms with Gasteiger partial charge in [0, 0.05) is 0 Å². The Balaban J connectivity index is 2.66. The molecule has 0 heterocycles. The third kappa shape index (κ3) is 4.79. The molecule has 0 bridgehead atoms. The number of hydrogen-bond acceptors (Lipinski definition) is 4. The number of ether oxygens (including phenoxy) is 2. The van der Waals surface area contributed by atoms with Crippen molar-refractivity contribution in [2.75, 3.05) is 7.11 Å². The van der Waals surface area contributed by atoms with E-state index in [0.29, 0.717) is 11.3 Å². The molecule has 0 unspecified atom stereocenters. The van der Waals surface area contributed by atoms with Gasteiger partial charge in [-0.05, 0) is 45.4 Å². The average molecular weight is 280 g/mol. The SMILES string of the molecule is COc1cc(C)ccc1C(=O)NNC(=O)OC(C)(C)C. The summed E-state index contributed by atoms with van der Waals surface area (Å²) in [5.74, 6) is -0.0406. The highest BCUT2D eigenvalue weighted by molar-refractivity contribution is 5.97. The number of carbonyl (C=O) groups excluding carboxylic acids is 2. The molecule has 0 aliphatic rings. The molecule has 1 aromatic rings. The molecule has 6 heteroatoms. The molecule has 0 radical (unpaired) electrons. The lowest BCUT2D eigenvalue weighted by atomic mass is 10.1. The molecule has 2 N–H and O–H groups in total. The Bertz CT molecular complexity index is 506. The molecular formula is C14H20N2O4. The molecule has 0 fully saturated rings. The van der Waals surface area contributed by atoms with Crippen LogP contribution >= 0.6 is 0 Å². The van der Waals surface area contributed by atoms with Gasteiger partial charge in [-0.25, -0.2) is 10.2 Å². The lowest BCUT2D eigenvalue weighted by Crippen LogP contribution is -2.44. The first-order chi connectivity index (χ1) is 9.23. The first-order valence-corrected chi connectivity index (χ1v) is 6.17. The van der Waals surface area contributed by atoms with Crippen LogP contribution in [0, 0.1) is 6.92 Å². The second kappa shape index (κ2) is 6.27. The normalized spacial score (nSPS) is 10.7. The Morgan fingerprint density at radius 2 is 1.80 bits per heavy atom. The molecule has 110 valence electrons. The van der Waals surface area contributed by atoms with Crippen molar-refractivity contribution < 1.29 is 19.1 Å². The van der Waals surface area contributed by atoms with E-state index in [0.717, 1.165) is 5.56 Å². The number of aryl methyl sites for hydroxylation is 1. The number of benzene rings is 1. The second-order valence-corrected chi connectivity index (χ2v) is 5.28. The van der Waals surface area contributed by atoms with Gasteiger partial charge in [-0.2, -0.15) is 0 Å². The number of carbonyl (C=O) groups is 2. The maximum absolute atomic E-state index is 11.9. The molecule has 1 aromatic carbocycles. The quantitative estimate of drug-likeness (QED) is 0.814. The van der Waals surface area contributed by atoms with Gasteiger partial charge in [0.2, 0.25) is 0 Å². The zero-order valence-corrected chi connectivity index (χ0v) is 12.4. The molecule has 0 saturated heterocycles. The van der Waals surface area contributed by atoms with Crippen LogP contribution in [0.1, 0.15) is 36.7 Å². The predicted molar refractivity (Wildman–Crippen MR) is 74.6 cm³/mol. The summed E-state index contributed by atoms with van der Waals surface area (Å²) in [6.45, 7) is 7.09. The Labute approximate surface area is 118 Å². The lowest BCUT2D eigenvalue weighted by molar-refractivity contribution is 0.0483. The topological polar surface area (TPSA) is 76.7 Å². The zero-order chi connectivity index (χ0) is 15.3. The van der Waals surface area contributed by atoms with Gasteiger partial charge < -0.3 is 9.47 Å². The fraction of sp³-hybridized carbons (Fsp3) is 0.429. The van der Waals surface area contributed by atoms with Crippen LogP contribution in [0.2, 0.25) is 0 Å². The first-order valence-electron chi connectivity index (χ1n) is 6.17. The molecule has 6 nitrogen and oxygen atoms in total. The summed E-state index contributed by atoms with van der Waals surface area (Å²) < 4.78 is 10.1. The van der Waals surface area contributed by atoms with Crippen molar-refractivity contribution in [2.24, 2.45) is 0 Å². The molecular weight excluding hydrogens is 260 g/mol. The van der Waals surface area contributed by atoms with E-state index in [1.54, 1.807) is 39.0 Å². The molecule has 20 heavy (non-hydrogen) atoms. The fourth-order valence-electron chi connectivity index (χ4n) is 1.46. The number of methoxy groups -OCH3 is 1. The van der Waals surface area contributed by atoms with Crippen LogP contribution in [-0.2, 0) is 4.74 Å². The monoisotopic (exact) mass is 280 g/mol. The van der Waals surface area contributed by atoms with Crippen molar-refractivity contribution in [2.45, 2.75) is 33.3 Å². The standard InChI is InChI=1S/C14H20N2O4/c1-9-6-7-10(11(8-9)19-5)12(17)15-16-13(18)20-14(2,3)4/h6-8H,1-5H3,(H,15,17)(H,16,18). The van der Waals surface area contributed by atoms with Gasteiger partial charge >= 0.3 is 6.09 Å². The Morgan fingerprint density at radius 3 is 2.35 bits per heavy atom. The fourth-order valence-corrected chi connectivity index (χ4v) is 1.46. The van der Waals surface area contributed by atoms with E-state index in [4.69, 9.17) is 9.47 Å². The highest BCUT2D eigenvalue weighted by Gasteiger charge is 2.18. The van der Waals surface area contributed by atoms with Crippen molar-refractivity contribution >= 4 is 12.0 Å². The van der Waals surface area contributed by atoms with E-state index < -0.39 is 17.6 Å². The van der Waals surface area contributed by atoms with Crippen molar-refractivity contribution in [3.05, 3.63) is 29.3 Å². The number of nitrogens with one attached hydrogen (secondary N) is 2. The molecule has 0 spiro atoms. The largest absolute Gasteiger partial charge is 0.496 e. The summed E-state index contributed by atoms with van der Waals surface area (Å²) in [6.07, 6.45) is -0.725. The third-order valence-corrected chi connectivity index (χ3v) is 2.28. The molecule has 0 saturated carbocycles. The minimum absolute atomic E-state index is 0.328. The van der Waals surface area contributed by atoms with Crippen LogP contribution in [0.25, 0.3) is 0 Å². The molecule has 0 aliphatic heterocycles. The summed E-state index contributed by atoms with van der Waals surface area (Å²) in [5, 5.41) is 0. The van der Waals surface area contributed by atoms with E-state index in [9.17, 15) is 9.59 Å². The molecule has 1 rings (SSSR count). The zero-order valence-electron chi connectivity index (χ0n) is 12.4. The minimum atomic E-state index is -0.725. The Hall–Kier alpha value is -2.24. The number of hydrazine groups is 1. The van der Waals surface area contributed by atoms with Crippen molar-refractivity contribution in [3.8, 4) is 5.75 Å². The van der Waals surface area contributed by atoms with Crippen molar-refractivity contribution in [1.29, 1.82) is 0 Å². The van der Waals surface area contributed by atoms with Gasteiger partial charge in [0.25, 0.3) is 5.91 Å². The predicted octanol–water partition coefficient (Wildman–Crippen LogP) is 2.17. The van der Waals surface area contributed by atoms with Gasteiger partial charge in [-0.15, -0.1) is 0 Å². The number of hydrogen-bond donors (Lipinski definition) is 2. The summed E-state index contributed by atoms with van der Waals surface area (Å²) in [4.78, 5) is 23.4. The summed E-state index contributed by atoms with van der Waals surface area (Å²) in [5.41, 5.74) is 5.13. The van der Waals surface area contributed by atoms with Gasteiger partial charge in [-0.3, -0.25) is 10.2 Å². The first kappa shape index (κ1) is 15.8. The van der Waals surface area contributed by atoms with Gasteiger partial charge in [-0.1, -0.05) is 6.07 Å². The number of rotatable bonds is 2. The average Bonchev–Trinajstić information content (AvgIpc) is 2.33. The van der Waals surface area contributed by atoms with E-state index in [1.165, 1.54) is 7.11 Å². The molecule has 0 aromatic heterocycles. The summed E-state index contributed by atoms with van der Waals surface area (Å²) in [6, 6.07) is 5.15. The maximum atomic E-state index is 11.9. The minimum Gasteiger partial charge on any atom is -0.496 e.